The summed E-state index contributed by atoms with van der Waals surface area (Å²) in [6.45, 7) is 0. The molecule has 138 valence electrons. The van der Waals surface area contributed by atoms with Crippen LogP contribution in [0.15, 0.2) is 94.5 Å². The minimum absolute atomic E-state index is 0.421. The lowest BCUT2D eigenvalue weighted by atomic mass is 9.86. The lowest BCUT2D eigenvalue weighted by molar-refractivity contribution is 1.55. The Hall–Kier alpha value is -4.04. The van der Waals surface area contributed by atoms with Gasteiger partial charge in [-0.15, -0.1) is 0 Å². The van der Waals surface area contributed by atoms with Gasteiger partial charge in [0, 0.05) is 10.8 Å². The van der Waals surface area contributed by atoms with Crippen LogP contribution in [-0.4, -0.2) is 0 Å². The maximum atomic E-state index is 13.0. The van der Waals surface area contributed by atoms with Crippen molar-refractivity contribution in [1.29, 1.82) is 0 Å². The molecular weight excluding hydrogens is 368 g/mol. The predicted octanol–water partition coefficient (Wildman–Crippen LogP) is 6.20. The Balaban J connectivity index is 1.97. The van der Waals surface area contributed by atoms with E-state index in [2.05, 4.69) is 60.7 Å². The molecule has 30 heavy (non-hydrogen) atoms. The van der Waals surface area contributed by atoms with Gasteiger partial charge in [-0.1, -0.05) is 78.9 Å². The molecule has 0 bridgehead atoms. The van der Waals surface area contributed by atoms with E-state index in [-0.39, 0.29) is 0 Å². The number of benzene rings is 7. The van der Waals surface area contributed by atoms with Crippen LogP contribution in [0.5, 0.6) is 0 Å². The molecule has 0 fully saturated rings. The average molecular weight is 382 g/mol. The molecule has 7 rings (SSSR count). The Morgan fingerprint density at radius 1 is 0.367 bits per heavy atom. The number of rotatable bonds is 0. The van der Waals surface area contributed by atoms with Gasteiger partial charge in [-0.3, -0.25) is 9.59 Å². The van der Waals surface area contributed by atoms with Crippen molar-refractivity contribution in [2.24, 2.45) is 0 Å². The van der Waals surface area contributed by atoms with E-state index in [4.69, 9.17) is 0 Å². The highest BCUT2D eigenvalue weighted by molar-refractivity contribution is 6.39. The SMILES string of the molecule is O=c1ccc2ccc3ccc4c5cccc6ccc7cccc(c7c65)c4c3c2c1=O. The summed E-state index contributed by atoms with van der Waals surface area (Å²) in [6.07, 6.45) is 0. The Morgan fingerprint density at radius 2 is 0.867 bits per heavy atom. The summed E-state index contributed by atoms with van der Waals surface area (Å²) >= 11 is 0. The van der Waals surface area contributed by atoms with Gasteiger partial charge in [0.05, 0.1) is 0 Å². The highest BCUT2D eigenvalue weighted by Crippen LogP contribution is 2.43. The zero-order valence-corrected chi connectivity index (χ0v) is 15.9. The Bertz CT molecular complexity index is 1930. The molecule has 0 aromatic heterocycles. The van der Waals surface area contributed by atoms with E-state index >= 15 is 0 Å². The molecular formula is C28H14O2. The summed E-state index contributed by atoms with van der Waals surface area (Å²) in [5.41, 5.74) is -0.875. The third kappa shape index (κ3) is 1.79. The molecule has 0 saturated heterocycles. The van der Waals surface area contributed by atoms with E-state index < -0.39 is 10.9 Å². The van der Waals surface area contributed by atoms with E-state index in [1.54, 1.807) is 6.07 Å². The van der Waals surface area contributed by atoms with Crippen LogP contribution in [0.1, 0.15) is 0 Å². The van der Waals surface area contributed by atoms with Crippen molar-refractivity contribution in [2.75, 3.05) is 0 Å². The largest absolute Gasteiger partial charge is 0.286 e. The van der Waals surface area contributed by atoms with Crippen LogP contribution in [-0.2, 0) is 0 Å². The van der Waals surface area contributed by atoms with Crippen LogP contribution in [0.25, 0.3) is 64.6 Å². The molecule has 0 saturated carbocycles. The molecule has 0 atom stereocenters. The van der Waals surface area contributed by atoms with Crippen LogP contribution in [0.2, 0.25) is 0 Å². The molecule has 0 radical (unpaired) electrons. The van der Waals surface area contributed by atoms with Crippen molar-refractivity contribution in [1.82, 2.24) is 0 Å². The Labute approximate surface area is 170 Å². The number of hydrogen-bond acceptors (Lipinski definition) is 2. The summed E-state index contributed by atoms with van der Waals surface area (Å²) in [7, 11) is 0. The molecule has 0 spiro atoms. The van der Waals surface area contributed by atoms with E-state index in [9.17, 15) is 9.59 Å². The van der Waals surface area contributed by atoms with Crippen molar-refractivity contribution in [2.45, 2.75) is 0 Å². The Kier molecular flexibility index (Phi) is 2.80. The molecule has 2 nitrogen and oxygen atoms in total. The minimum atomic E-state index is -0.455. The summed E-state index contributed by atoms with van der Waals surface area (Å²) in [5.74, 6) is 0. The predicted molar refractivity (Wildman–Crippen MR) is 126 cm³/mol. The van der Waals surface area contributed by atoms with Gasteiger partial charge in [-0.2, -0.15) is 0 Å². The van der Waals surface area contributed by atoms with Gasteiger partial charge in [0.15, 0.2) is 0 Å². The lowest BCUT2D eigenvalue weighted by Crippen LogP contribution is -2.22. The van der Waals surface area contributed by atoms with Crippen molar-refractivity contribution in [3.8, 4) is 0 Å². The second-order valence-electron chi connectivity index (χ2n) is 8.02. The smallest absolute Gasteiger partial charge is 0.234 e. The number of fused-ring (bicyclic) bond motifs is 7. The second-order valence-corrected chi connectivity index (χ2v) is 8.02. The maximum absolute atomic E-state index is 13.0. The topological polar surface area (TPSA) is 34.1 Å². The van der Waals surface area contributed by atoms with Crippen molar-refractivity contribution < 1.29 is 0 Å². The van der Waals surface area contributed by atoms with Gasteiger partial charge >= 0.3 is 0 Å². The van der Waals surface area contributed by atoms with Crippen LogP contribution in [0, 0.1) is 0 Å². The second kappa shape index (κ2) is 5.31. The highest BCUT2D eigenvalue weighted by Gasteiger charge is 2.17. The van der Waals surface area contributed by atoms with Gasteiger partial charge in [-0.25, -0.2) is 0 Å². The van der Waals surface area contributed by atoms with Crippen LogP contribution in [0.4, 0.5) is 0 Å². The average Bonchev–Trinajstić information content (AvgIpc) is 2.79. The monoisotopic (exact) mass is 382 g/mol. The van der Waals surface area contributed by atoms with E-state index in [1.807, 2.05) is 12.1 Å². The zero-order valence-electron chi connectivity index (χ0n) is 15.9. The molecule has 0 heterocycles. The van der Waals surface area contributed by atoms with Gasteiger partial charge in [0.25, 0.3) is 0 Å². The van der Waals surface area contributed by atoms with Gasteiger partial charge in [0.2, 0.25) is 10.9 Å². The van der Waals surface area contributed by atoms with Gasteiger partial charge < -0.3 is 0 Å². The molecule has 0 aliphatic carbocycles. The maximum Gasteiger partial charge on any atom is 0.234 e. The first-order valence-electron chi connectivity index (χ1n) is 10.0. The van der Waals surface area contributed by atoms with Crippen LogP contribution >= 0.6 is 0 Å². The normalized spacial score (nSPS) is 12.3. The summed E-state index contributed by atoms with van der Waals surface area (Å²) in [5, 5.41) is 12.5. The first kappa shape index (κ1) is 15.8. The molecule has 0 amide bonds. The molecule has 0 N–H and O–H groups in total. The fourth-order valence-electron chi connectivity index (χ4n) is 5.27. The van der Waals surface area contributed by atoms with E-state index in [0.717, 1.165) is 32.3 Å². The molecule has 0 aliphatic heterocycles. The number of hydrogen-bond donors (Lipinski definition) is 0. The fourth-order valence-corrected chi connectivity index (χ4v) is 5.27. The summed E-state index contributed by atoms with van der Waals surface area (Å²) < 4.78 is 0. The lowest BCUT2D eigenvalue weighted by Gasteiger charge is -2.16. The third-order valence-corrected chi connectivity index (χ3v) is 6.53. The zero-order chi connectivity index (χ0) is 20.0. The minimum Gasteiger partial charge on any atom is -0.286 e. The quantitative estimate of drug-likeness (QED) is 0.178. The van der Waals surface area contributed by atoms with Gasteiger partial charge in [0.1, 0.15) is 0 Å². The molecule has 7 aromatic carbocycles. The van der Waals surface area contributed by atoms with Crippen molar-refractivity contribution in [3.63, 3.8) is 0 Å². The Morgan fingerprint density at radius 3 is 1.60 bits per heavy atom. The first-order valence-corrected chi connectivity index (χ1v) is 10.0. The molecule has 2 heteroatoms. The van der Waals surface area contributed by atoms with Crippen LogP contribution < -0.4 is 10.9 Å². The first-order chi connectivity index (χ1) is 14.7. The molecule has 0 aliphatic rings. The van der Waals surface area contributed by atoms with Crippen molar-refractivity contribution in [3.05, 3.63) is 105 Å². The standard InChI is InChI=1S/C28H14O2/c29-22-14-12-18-10-9-17-11-13-20-19-5-1-3-15-7-8-16-4-2-6-21(24(16)23(15)19)27(20)25(17)26(18)28(22)30/h1-14H. The molecule has 0 unspecified atom stereocenters. The molecule has 7 aromatic rings. The summed E-state index contributed by atoms with van der Waals surface area (Å²) in [6, 6.07) is 28.4. The van der Waals surface area contributed by atoms with Gasteiger partial charge in [-0.05, 0) is 59.9 Å². The highest BCUT2D eigenvalue weighted by atomic mass is 16.2. The third-order valence-electron chi connectivity index (χ3n) is 6.53. The summed E-state index contributed by atoms with van der Waals surface area (Å²) in [4.78, 5) is 25.3. The van der Waals surface area contributed by atoms with E-state index in [1.165, 1.54) is 33.0 Å². The van der Waals surface area contributed by atoms with E-state index in [0.29, 0.717) is 5.39 Å². The fraction of sp³-hybridized carbons (Fsp3) is 0. The van der Waals surface area contributed by atoms with Crippen molar-refractivity contribution >= 4 is 64.6 Å². The van der Waals surface area contributed by atoms with Crippen LogP contribution in [0.3, 0.4) is 0 Å².